The van der Waals surface area contributed by atoms with Gasteiger partial charge in [-0.05, 0) is 24.4 Å². The lowest BCUT2D eigenvalue weighted by Gasteiger charge is -2.23. The molecule has 2 aromatic rings. The summed E-state index contributed by atoms with van der Waals surface area (Å²) in [6, 6.07) is 2.03. The van der Waals surface area contributed by atoms with Crippen molar-refractivity contribution in [1.29, 1.82) is 0 Å². The predicted octanol–water partition coefficient (Wildman–Crippen LogP) is 1.13. The van der Waals surface area contributed by atoms with E-state index in [0.29, 0.717) is 0 Å². The van der Waals surface area contributed by atoms with Crippen LogP contribution in [0.25, 0.3) is 11.0 Å². The fraction of sp³-hybridized carbons (Fsp3) is 0.500. The molecule has 0 aromatic carbocycles. The van der Waals surface area contributed by atoms with Crippen LogP contribution in [0.5, 0.6) is 0 Å². The van der Waals surface area contributed by atoms with Gasteiger partial charge in [0.1, 0.15) is 17.8 Å². The van der Waals surface area contributed by atoms with Gasteiger partial charge >= 0.3 is 0 Å². The van der Waals surface area contributed by atoms with Crippen LogP contribution in [0, 0.1) is 5.41 Å². The standard InChI is InChI=1S/C12H17N5/c1-12(6-13)3-5-17(7-12)11-9-2-4-14-10(9)15-8-16-11/h2,4,8H,3,5-7,13H2,1H3,(H,14,15,16). The lowest BCUT2D eigenvalue weighted by Crippen LogP contribution is -2.31. The normalized spacial score (nSPS) is 24.7. The third kappa shape index (κ3) is 1.67. The van der Waals surface area contributed by atoms with E-state index in [0.717, 1.165) is 42.9 Å². The first-order chi connectivity index (χ1) is 8.22. The van der Waals surface area contributed by atoms with Crippen molar-refractivity contribution in [3.05, 3.63) is 18.6 Å². The van der Waals surface area contributed by atoms with Gasteiger partial charge in [0.15, 0.2) is 0 Å². The molecule has 0 radical (unpaired) electrons. The quantitative estimate of drug-likeness (QED) is 0.813. The Kier molecular flexibility index (Phi) is 2.29. The summed E-state index contributed by atoms with van der Waals surface area (Å²) in [6.07, 6.45) is 4.65. The van der Waals surface area contributed by atoms with Gasteiger partial charge in [0.05, 0.1) is 5.39 Å². The Bertz CT molecular complexity index is 534. The summed E-state index contributed by atoms with van der Waals surface area (Å²) in [5.74, 6) is 1.02. The highest BCUT2D eigenvalue weighted by atomic mass is 15.2. The third-order valence-corrected chi connectivity index (χ3v) is 3.68. The van der Waals surface area contributed by atoms with Gasteiger partial charge < -0.3 is 15.6 Å². The number of nitrogens with two attached hydrogens (primary N) is 1. The largest absolute Gasteiger partial charge is 0.355 e. The fourth-order valence-electron chi connectivity index (χ4n) is 2.48. The number of aromatic amines is 1. The topological polar surface area (TPSA) is 70.8 Å². The molecule has 3 heterocycles. The molecule has 1 aliphatic heterocycles. The SMILES string of the molecule is CC1(CN)CCN(c2ncnc3[nH]ccc23)C1. The maximum absolute atomic E-state index is 5.84. The molecule has 0 aliphatic carbocycles. The second kappa shape index (κ2) is 3.70. The van der Waals surface area contributed by atoms with Crippen LogP contribution < -0.4 is 10.6 Å². The third-order valence-electron chi connectivity index (χ3n) is 3.68. The predicted molar refractivity (Wildman–Crippen MR) is 67.9 cm³/mol. The minimum absolute atomic E-state index is 0.216. The Balaban J connectivity index is 1.98. The molecule has 1 unspecified atom stereocenters. The van der Waals surface area contributed by atoms with Gasteiger partial charge in [-0.1, -0.05) is 6.92 Å². The number of nitrogens with zero attached hydrogens (tertiary/aromatic N) is 3. The summed E-state index contributed by atoms with van der Waals surface area (Å²) in [4.78, 5) is 14.1. The van der Waals surface area contributed by atoms with Crippen molar-refractivity contribution in [2.75, 3.05) is 24.5 Å². The van der Waals surface area contributed by atoms with Crippen LogP contribution in [-0.4, -0.2) is 34.6 Å². The minimum atomic E-state index is 0.216. The number of H-pyrrole nitrogens is 1. The van der Waals surface area contributed by atoms with Gasteiger partial charge in [-0.15, -0.1) is 0 Å². The molecule has 3 rings (SSSR count). The summed E-state index contributed by atoms with van der Waals surface area (Å²) in [5.41, 5.74) is 6.95. The molecular weight excluding hydrogens is 214 g/mol. The van der Waals surface area contributed by atoms with Gasteiger partial charge in [0, 0.05) is 19.3 Å². The second-order valence-electron chi connectivity index (χ2n) is 5.12. The molecule has 1 atom stereocenters. The molecule has 0 amide bonds. The number of hydrogen-bond donors (Lipinski definition) is 2. The maximum Gasteiger partial charge on any atom is 0.142 e. The Morgan fingerprint density at radius 1 is 1.53 bits per heavy atom. The van der Waals surface area contributed by atoms with Gasteiger partial charge in [-0.2, -0.15) is 0 Å². The minimum Gasteiger partial charge on any atom is -0.355 e. The highest BCUT2D eigenvalue weighted by molar-refractivity contribution is 5.87. The maximum atomic E-state index is 5.84. The monoisotopic (exact) mass is 231 g/mol. The number of fused-ring (bicyclic) bond motifs is 1. The number of anilines is 1. The van der Waals surface area contributed by atoms with E-state index in [9.17, 15) is 0 Å². The number of rotatable bonds is 2. The number of hydrogen-bond acceptors (Lipinski definition) is 4. The Morgan fingerprint density at radius 3 is 3.18 bits per heavy atom. The highest BCUT2D eigenvalue weighted by Crippen LogP contribution is 2.33. The smallest absolute Gasteiger partial charge is 0.142 e. The Labute approximate surface area is 100 Å². The van der Waals surface area contributed by atoms with Crippen LogP contribution >= 0.6 is 0 Å². The van der Waals surface area contributed by atoms with E-state index in [4.69, 9.17) is 5.73 Å². The average molecular weight is 231 g/mol. The van der Waals surface area contributed by atoms with Crippen molar-refractivity contribution in [2.24, 2.45) is 11.1 Å². The van der Waals surface area contributed by atoms with Crippen molar-refractivity contribution in [3.63, 3.8) is 0 Å². The van der Waals surface area contributed by atoms with E-state index in [1.165, 1.54) is 0 Å². The van der Waals surface area contributed by atoms with Gasteiger partial charge in [-0.3, -0.25) is 0 Å². The van der Waals surface area contributed by atoms with E-state index in [2.05, 4.69) is 26.8 Å². The van der Waals surface area contributed by atoms with Crippen LogP contribution in [0.3, 0.4) is 0 Å². The van der Waals surface area contributed by atoms with Crippen molar-refractivity contribution >= 4 is 16.9 Å². The molecule has 0 spiro atoms. The van der Waals surface area contributed by atoms with E-state index >= 15 is 0 Å². The first kappa shape index (κ1) is 10.5. The molecule has 3 N–H and O–H groups in total. The zero-order valence-electron chi connectivity index (χ0n) is 9.98. The lowest BCUT2D eigenvalue weighted by molar-refractivity contribution is 0.383. The van der Waals surface area contributed by atoms with Gasteiger partial charge in [0.2, 0.25) is 0 Å². The van der Waals surface area contributed by atoms with E-state index in [1.807, 2.05) is 12.3 Å². The van der Waals surface area contributed by atoms with Gasteiger partial charge in [-0.25, -0.2) is 9.97 Å². The average Bonchev–Trinajstić information content (AvgIpc) is 2.95. The zero-order chi connectivity index (χ0) is 11.9. The first-order valence-corrected chi connectivity index (χ1v) is 5.95. The molecule has 2 aromatic heterocycles. The van der Waals surface area contributed by atoms with Crippen LogP contribution in [0.1, 0.15) is 13.3 Å². The van der Waals surface area contributed by atoms with Crippen molar-refractivity contribution in [2.45, 2.75) is 13.3 Å². The Morgan fingerprint density at radius 2 is 2.41 bits per heavy atom. The first-order valence-electron chi connectivity index (χ1n) is 5.95. The van der Waals surface area contributed by atoms with E-state index in [1.54, 1.807) is 6.33 Å². The van der Waals surface area contributed by atoms with Crippen LogP contribution in [0.4, 0.5) is 5.82 Å². The summed E-state index contributed by atoms with van der Waals surface area (Å²) < 4.78 is 0. The molecule has 0 saturated carbocycles. The van der Waals surface area contributed by atoms with Gasteiger partial charge in [0.25, 0.3) is 0 Å². The summed E-state index contributed by atoms with van der Waals surface area (Å²) >= 11 is 0. The number of nitrogens with one attached hydrogen (secondary N) is 1. The molecule has 17 heavy (non-hydrogen) atoms. The van der Waals surface area contributed by atoms with Crippen molar-refractivity contribution in [3.8, 4) is 0 Å². The molecule has 1 saturated heterocycles. The molecule has 0 bridgehead atoms. The zero-order valence-corrected chi connectivity index (χ0v) is 9.98. The molecule has 1 fully saturated rings. The van der Waals surface area contributed by atoms with Crippen LogP contribution in [-0.2, 0) is 0 Å². The summed E-state index contributed by atoms with van der Waals surface area (Å²) in [6.45, 7) is 4.96. The van der Waals surface area contributed by atoms with Crippen molar-refractivity contribution in [1.82, 2.24) is 15.0 Å². The second-order valence-corrected chi connectivity index (χ2v) is 5.12. The number of aromatic nitrogens is 3. The Hall–Kier alpha value is -1.62. The molecule has 5 heteroatoms. The van der Waals surface area contributed by atoms with E-state index < -0.39 is 0 Å². The molecular formula is C12H17N5. The summed E-state index contributed by atoms with van der Waals surface area (Å²) in [5, 5.41) is 1.09. The van der Waals surface area contributed by atoms with E-state index in [-0.39, 0.29) is 5.41 Å². The van der Waals surface area contributed by atoms with Crippen molar-refractivity contribution < 1.29 is 0 Å². The molecule has 90 valence electrons. The van der Waals surface area contributed by atoms with Crippen LogP contribution in [0.2, 0.25) is 0 Å². The highest BCUT2D eigenvalue weighted by Gasteiger charge is 2.33. The summed E-state index contributed by atoms with van der Waals surface area (Å²) in [7, 11) is 0. The van der Waals surface area contributed by atoms with Crippen LogP contribution in [0.15, 0.2) is 18.6 Å². The lowest BCUT2D eigenvalue weighted by atomic mass is 9.90. The molecule has 5 nitrogen and oxygen atoms in total. The molecule has 1 aliphatic rings. The fourth-order valence-corrected chi connectivity index (χ4v) is 2.48.